The number of hydrogen-bond acceptors (Lipinski definition) is 1. The van der Waals surface area contributed by atoms with Crippen molar-refractivity contribution in [1.29, 1.82) is 0 Å². The van der Waals surface area contributed by atoms with Crippen LogP contribution in [0, 0.1) is 6.92 Å². The van der Waals surface area contributed by atoms with E-state index in [1.807, 2.05) is 18.2 Å². The summed E-state index contributed by atoms with van der Waals surface area (Å²) in [5, 5.41) is 0. The van der Waals surface area contributed by atoms with Gasteiger partial charge in [-0.05, 0) is 46.9 Å². The van der Waals surface area contributed by atoms with E-state index in [0.717, 1.165) is 11.3 Å². The molecule has 0 unspecified atom stereocenters. The second-order valence-electron chi connectivity index (χ2n) is 4.99. The van der Waals surface area contributed by atoms with Gasteiger partial charge in [0.25, 0.3) is 0 Å². The van der Waals surface area contributed by atoms with Gasteiger partial charge in [0.2, 0.25) is 0 Å². The molecule has 0 heterocycles. The monoisotopic (exact) mass is 259 g/mol. The standard InChI is InChI=1S/C19H17N/c1-14-7-2-3-10-17(14)19-12-5-4-11-18(19)15-8-6-9-16(20)13-15/h2-13H,20H2,1H3. The molecule has 0 saturated carbocycles. The van der Waals surface area contributed by atoms with E-state index in [4.69, 9.17) is 5.73 Å². The van der Waals surface area contributed by atoms with E-state index < -0.39 is 0 Å². The Balaban J connectivity index is 2.22. The molecule has 1 nitrogen and oxygen atoms in total. The lowest BCUT2D eigenvalue weighted by Crippen LogP contribution is -1.89. The van der Waals surface area contributed by atoms with Gasteiger partial charge in [-0.2, -0.15) is 0 Å². The maximum atomic E-state index is 5.91. The van der Waals surface area contributed by atoms with Crippen molar-refractivity contribution in [3.05, 3.63) is 78.4 Å². The molecule has 98 valence electrons. The number of nitrogen functional groups attached to an aromatic ring is 1. The summed E-state index contributed by atoms with van der Waals surface area (Å²) in [6, 6.07) is 25.0. The third-order valence-corrected chi connectivity index (χ3v) is 3.56. The van der Waals surface area contributed by atoms with E-state index in [9.17, 15) is 0 Å². The minimum absolute atomic E-state index is 0.794. The topological polar surface area (TPSA) is 26.0 Å². The number of benzene rings is 3. The van der Waals surface area contributed by atoms with Gasteiger partial charge in [-0.15, -0.1) is 0 Å². The van der Waals surface area contributed by atoms with Gasteiger partial charge in [0, 0.05) is 5.69 Å². The molecule has 0 radical (unpaired) electrons. The van der Waals surface area contributed by atoms with Crippen LogP contribution in [0.3, 0.4) is 0 Å². The predicted molar refractivity (Wildman–Crippen MR) is 86.5 cm³/mol. The molecule has 0 saturated heterocycles. The SMILES string of the molecule is Cc1ccccc1-c1ccccc1-c1cccc(N)c1. The summed E-state index contributed by atoms with van der Waals surface area (Å²) < 4.78 is 0. The normalized spacial score (nSPS) is 10.4. The van der Waals surface area contributed by atoms with E-state index in [2.05, 4.69) is 61.5 Å². The van der Waals surface area contributed by atoms with Gasteiger partial charge in [-0.25, -0.2) is 0 Å². The van der Waals surface area contributed by atoms with Crippen molar-refractivity contribution < 1.29 is 0 Å². The van der Waals surface area contributed by atoms with Crippen LogP contribution in [-0.4, -0.2) is 0 Å². The summed E-state index contributed by atoms with van der Waals surface area (Å²) >= 11 is 0. The van der Waals surface area contributed by atoms with Crippen LogP contribution in [0.15, 0.2) is 72.8 Å². The summed E-state index contributed by atoms with van der Waals surface area (Å²) in [6.07, 6.45) is 0. The van der Waals surface area contributed by atoms with Crippen molar-refractivity contribution in [3.63, 3.8) is 0 Å². The van der Waals surface area contributed by atoms with E-state index in [1.54, 1.807) is 0 Å². The third kappa shape index (κ3) is 2.30. The van der Waals surface area contributed by atoms with Crippen molar-refractivity contribution in [3.8, 4) is 22.3 Å². The quantitative estimate of drug-likeness (QED) is 0.650. The average molecular weight is 259 g/mol. The first-order chi connectivity index (χ1) is 9.75. The molecule has 0 atom stereocenters. The Kier molecular flexibility index (Phi) is 3.26. The smallest absolute Gasteiger partial charge is 0.0320 e. The van der Waals surface area contributed by atoms with Gasteiger partial charge in [0.05, 0.1) is 0 Å². The second kappa shape index (κ2) is 5.22. The fourth-order valence-electron chi connectivity index (χ4n) is 2.55. The number of rotatable bonds is 2. The predicted octanol–water partition coefficient (Wildman–Crippen LogP) is 4.91. The van der Waals surface area contributed by atoms with Crippen molar-refractivity contribution in [2.24, 2.45) is 0 Å². The van der Waals surface area contributed by atoms with Crippen LogP contribution in [-0.2, 0) is 0 Å². The number of hydrogen-bond donors (Lipinski definition) is 1. The fraction of sp³-hybridized carbons (Fsp3) is 0.0526. The zero-order chi connectivity index (χ0) is 13.9. The van der Waals surface area contributed by atoms with E-state index in [-0.39, 0.29) is 0 Å². The minimum atomic E-state index is 0.794. The van der Waals surface area contributed by atoms with Crippen molar-refractivity contribution >= 4 is 5.69 Å². The molecule has 3 aromatic rings. The van der Waals surface area contributed by atoms with Crippen LogP contribution in [0.1, 0.15) is 5.56 Å². The Bertz CT molecular complexity index is 744. The van der Waals surface area contributed by atoms with E-state index >= 15 is 0 Å². The number of nitrogens with two attached hydrogens (primary N) is 1. The van der Waals surface area contributed by atoms with Gasteiger partial charge in [0.15, 0.2) is 0 Å². The first kappa shape index (κ1) is 12.5. The third-order valence-electron chi connectivity index (χ3n) is 3.56. The summed E-state index contributed by atoms with van der Waals surface area (Å²) in [4.78, 5) is 0. The first-order valence-electron chi connectivity index (χ1n) is 6.76. The summed E-state index contributed by atoms with van der Waals surface area (Å²) in [6.45, 7) is 2.14. The highest BCUT2D eigenvalue weighted by atomic mass is 14.5. The van der Waals surface area contributed by atoms with Crippen molar-refractivity contribution in [2.75, 3.05) is 5.73 Å². The number of aryl methyl sites for hydroxylation is 1. The summed E-state index contributed by atoms with van der Waals surface area (Å²) in [5.41, 5.74) is 12.9. The average Bonchev–Trinajstić information content (AvgIpc) is 2.48. The van der Waals surface area contributed by atoms with Gasteiger partial charge < -0.3 is 5.73 Å². The van der Waals surface area contributed by atoms with Crippen LogP contribution in [0.4, 0.5) is 5.69 Å². The molecular formula is C19H17N. The van der Waals surface area contributed by atoms with Crippen LogP contribution < -0.4 is 5.73 Å². The molecule has 0 aliphatic heterocycles. The van der Waals surface area contributed by atoms with Gasteiger partial charge in [-0.1, -0.05) is 60.7 Å². The van der Waals surface area contributed by atoms with E-state index in [1.165, 1.54) is 22.3 Å². The highest BCUT2D eigenvalue weighted by Gasteiger charge is 2.08. The largest absolute Gasteiger partial charge is 0.399 e. The summed E-state index contributed by atoms with van der Waals surface area (Å²) in [7, 11) is 0. The Hall–Kier alpha value is -2.54. The highest BCUT2D eigenvalue weighted by molar-refractivity contribution is 5.85. The molecular weight excluding hydrogens is 242 g/mol. The van der Waals surface area contributed by atoms with Crippen molar-refractivity contribution in [1.82, 2.24) is 0 Å². The molecule has 3 aromatic carbocycles. The van der Waals surface area contributed by atoms with Gasteiger partial charge in [0.1, 0.15) is 0 Å². The van der Waals surface area contributed by atoms with Crippen LogP contribution >= 0.6 is 0 Å². The maximum absolute atomic E-state index is 5.91. The zero-order valence-corrected chi connectivity index (χ0v) is 11.5. The fourth-order valence-corrected chi connectivity index (χ4v) is 2.55. The molecule has 3 rings (SSSR count). The Labute approximate surface area is 119 Å². The lowest BCUT2D eigenvalue weighted by atomic mass is 9.92. The molecule has 0 aliphatic carbocycles. The molecule has 20 heavy (non-hydrogen) atoms. The molecule has 0 aliphatic rings. The molecule has 0 aromatic heterocycles. The molecule has 1 heteroatoms. The van der Waals surface area contributed by atoms with Crippen LogP contribution in [0.2, 0.25) is 0 Å². The first-order valence-corrected chi connectivity index (χ1v) is 6.76. The van der Waals surface area contributed by atoms with E-state index in [0.29, 0.717) is 0 Å². The molecule has 2 N–H and O–H groups in total. The minimum Gasteiger partial charge on any atom is -0.399 e. The second-order valence-corrected chi connectivity index (χ2v) is 4.99. The Morgan fingerprint density at radius 3 is 2.00 bits per heavy atom. The molecule has 0 bridgehead atoms. The molecule has 0 spiro atoms. The molecule has 0 fully saturated rings. The van der Waals surface area contributed by atoms with Crippen LogP contribution in [0.5, 0.6) is 0 Å². The van der Waals surface area contributed by atoms with Gasteiger partial charge >= 0.3 is 0 Å². The lowest BCUT2D eigenvalue weighted by Gasteiger charge is -2.12. The zero-order valence-electron chi connectivity index (χ0n) is 11.5. The lowest BCUT2D eigenvalue weighted by molar-refractivity contribution is 1.46. The highest BCUT2D eigenvalue weighted by Crippen LogP contribution is 2.34. The van der Waals surface area contributed by atoms with Crippen LogP contribution in [0.25, 0.3) is 22.3 Å². The van der Waals surface area contributed by atoms with Gasteiger partial charge in [-0.3, -0.25) is 0 Å². The maximum Gasteiger partial charge on any atom is 0.0320 e. The molecule has 0 amide bonds. The Morgan fingerprint density at radius 1 is 0.650 bits per heavy atom. The number of anilines is 1. The summed E-state index contributed by atoms with van der Waals surface area (Å²) in [5.74, 6) is 0. The van der Waals surface area contributed by atoms with Crippen molar-refractivity contribution in [2.45, 2.75) is 6.92 Å². The Morgan fingerprint density at radius 2 is 1.30 bits per heavy atom.